The number of hydrogen-bond donors (Lipinski definition) is 0. The predicted octanol–water partition coefficient (Wildman–Crippen LogP) is 3.94. The number of hydrogen-bond acceptors (Lipinski definition) is 7. The molecule has 1 amide bonds. The number of amides is 1. The van der Waals surface area contributed by atoms with Crippen LogP contribution < -0.4 is 19.1 Å². The molecule has 0 spiro atoms. The Morgan fingerprint density at radius 2 is 1.97 bits per heavy atom. The third kappa shape index (κ3) is 3.93. The van der Waals surface area contributed by atoms with E-state index in [-0.39, 0.29) is 12.7 Å². The van der Waals surface area contributed by atoms with Crippen LogP contribution in [0.15, 0.2) is 30.3 Å². The lowest BCUT2D eigenvalue weighted by Crippen LogP contribution is -2.33. The van der Waals surface area contributed by atoms with Gasteiger partial charge in [-0.15, -0.1) is 0 Å². The Balaban J connectivity index is 1.71. The highest BCUT2D eigenvalue weighted by Crippen LogP contribution is 2.38. The standard InChI is InChI=1S/C22H25N3O4S/c1-14-6-8-17(27-4)19-20(14)30-22(23-19)25(11-5-10-24(2)3)21(26)15-7-9-16-18(12-15)29-13-28-16/h6-9,12H,5,10-11,13H2,1-4H3. The van der Waals surface area contributed by atoms with E-state index in [2.05, 4.69) is 4.90 Å². The normalized spacial score (nSPS) is 12.6. The van der Waals surface area contributed by atoms with Gasteiger partial charge in [0.25, 0.3) is 5.91 Å². The number of thiazole rings is 1. The number of anilines is 1. The van der Waals surface area contributed by atoms with Crippen molar-refractivity contribution in [3.05, 3.63) is 41.5 Å². The minimum Gasteiger partial charge on any atom is -0.494 e. The summed E-state index contributed by atoms with van der Waals surface area (Å²) < 4.78 is 17.3. The summed E-state index contributed by atoms with van der Waals surface area (Å²) in [5.41, 5.74) is 2.44. The van der Waals surface area contributed by atoms with Crippen LogP contribution in [-0.2, 0) is 0 Å². The third-order valence-corrected chi connectivity index (χ3v) is 6.21. The second-order valence-corrected chi connectivity index (χ2v) is 8.42. The van der Waals surface area contributed by atoms with Gasteiger partial charge in [0.1, 0.15) is 11.3 Å². The molecule has 8 heteroatoms. The van der Waals surface area contributed by atoms with Crippen LogP contribution in [0.4, 0.5) is 5.13 Å². The van der Waals surface area contributed by atoms with Crippen molar-refractivity contribution in [3.8, 4) is 17.2 Å². The topological polar surface area (TPSA) is 64.1 Å². The van der Waals surface area contributed by atoms with Crippen molar-refractivity contribution >= 4 is 32.6 Å². The first-order valence-electron chi connectivity index (χ1n) is 9.78. The summed E-state index contributed by atoms with van der Waals surface area (Å²) in [6.45, 7) is 3.65. The maximum atomic E-state index is 13.5. The van der Waals surface area contributed by atoms with Crippen molar-refractivity contribution in [2.45, 2.75) is 13.3 Å². The van der Waals surface area contributed by atoms with E-state index in [1.54, 1.807) is 30.2 Å². The summed E-state index contributed by atoms with van der Waals surface area (Å²) in [5, 5.41) is 0.666. The van der Waals surface area contributed by atoms with Crippen LogP contribution in [0.5, 0.6) is 17.2 Å². The molecule has 7 nitrogen and oxygen atoms in total. The van der Waals surface area contributed by atoms with Gasteiger partial charge in [-0.05, 0) is 63.8 Å². The van der Waals surface area contributed by atoms with Crippen molar-refractivity contribution in [2.75, 3.05) is 46.0 Å². The highest BCUT2D eigenvalue weighted by molar-refractivity contribution is 7.22. The van der Waals surface area contributed by atoms with E-state index < -0.39 is 0 Å². The number of methoxy groups -OCH3 is 1. The summed E-state index contributed by atoms with van der Waals surface area (Å²) in [7, 11) is 5.68. The Bertz CT molecular complexity index is 1080. The summed E-state index contributed by atoms with van der Waals surface area (Å²) in [5.74, 6) is 1.85. The largest absolute Gasteiger partial charge is 0.494 e. The third-order valence-electron chi connectivity index (χ3n) is 4.99. The lowest BCUT2D eigenvalue weighted by Gasteiger charge is -2.21. The van der Waals surface area contributed by atoms with E-state index >= 15 is 0 Å². The molecule has 2 aromatic carbocycles. The van der Waals surface area contributed by atoms with Gasteiger partial charge in [-0.3, -0.25) is 9.69 Å². The number of ether oxygens (including phenoxy) is 3. The number of rotatable bonds is 7. The molecule has 0 N–H and O–H groups in total. The maximum absolute atomic E-state index is 13.5. The van der Waals surface area contributed by atoms with E-state index in [4.69, 9.17) is 19.2 Å². The SMILES string of the molecule is COc1ccc(C)c2sc(N(CCCN(C)C)C(=O)c3ccc4c(c3)OCO4)nc12. The van der Waals surface area contributed by atoms with E-state index in [1.807, 2.05) is 33.2 Å². The fraction of sp³-hybridized carbons (Fsp3) is 0.364. The first-order valence-corrected chi connectivity index (χ1v) is 10.6. The number of carbonyl (C=O) groups excluding carboxylic acids is 1. The van der Waals surface area contributed by atoms with Crippen molar-refractivity contribution in [3.63, 3.8) is 0 Å². The van der Waals surface area contributed by atoms with Crippen LogP contribution in [0.3, 0.4) is 0 Å². The van der Waals surface area contributed by atoms with Crippen LogP contribution in [0, 0.1) is 6.92 Å². The Morgan fingerprint density at radius 1 is 1.17 bits per heavy atom. The van der Waals surface area contributed by atoms with Gasteiger partial charge in [0, 0.05) is 12.1 Å². The molecule has 1 aliphatic rings. The van der Waals surface area contributed by atoms with E-state index in [0.29, 0.717) is 34.5 Å². The van der Waals surface area contributed by atoms with Gasteiger partial charge < -0.3 is 19.1 Å². The van der Waals surface area contributed by atoms with Gasteiger partial charge in [-0.1, -0.05) is 17.4 Å². The van der Waals surface area contributed by atoms with Gasteiger partial charge in [-0.2, -0.15) is 0 Å². The molecule has 0 fully saturated rings. The Morgan fingerprint density at radius 3 is 2.73 bits per heavy atom. The summed E-state index contributed by atoms with van der Waals surface area (Å²) in [6.07, 6.45) is 0.829. The average molecular weight is 428 g/mol. The fourth-order valence-corrected chi connectivity index (χ4v) is 4.47. The van der Waals surface area contributed by atoms with Crippen molar-refractivity contribution < 1.29 is 19.0 Å². The van der Waals surface area contributed by atoms with Gasteiger partial charge >= 0.3 is 0 Å². The van der Waals surface area contributed by atoms with Crippen LogP contribution in [0.1, 0.15) is 22.3 Å². The zero-order chi connectivity index (χ0) is 21.3. The molecule has 0 unspecified atom stereocenters. The lowest BCUT2D eigenvalue weighted by molar-refractivity contribution is 0.0985. The first-order chi connectivity index (χ1) is 14.5. The van der Waals surface area contributed by atoms with Crippen molar-refractivity contribution in [1.29, 1.82) is 0 Å². The molecule has 0 bridgehead atoms. The smallest absolute Gasteiger partial charge is 0.260 e. The fourth-order valence-electron chi connectivity index (χ4n) is 3.39. The molecule has 1 aliphatic heterocycles. The highest BCUT2D eigenvalue weighted by Gasteiger charge is 2.24. The number of nitrogens with zero attached hydrogens (tertiary/aromatic N) is 3. The Labute approximate surface area is 179 Å². The van der Waals surface area contributed by atoms with Crippen LogP contribution >= 0.6 is 11.3 Å². The van der Waals surface area contributed by atoms with Crippen molar-refractivity contribution in [2.24, 2.45) is 0 Å². The van der Waals surface area contributed by atoms with Crippen molar-refractivity contribution in [1.82, 2.24) is 9.88 Å². The number of benzene rings is 2. The minimum atomic E-state index is -0.109. The molecular formula is C22H25N3O4S. The molecule has 0 aliphatic carbocycles. The number of carbonyl (C=O) groups is 1. The van der Waals surface area contributed by atoms with Crippen LogP contribution in [0.25, 0.3) is 10.2 Å². The zero-order valence-electron chi connectivity index (χ0n) is 17.6. The zero-order valence-corrected chi connectivity index (χ0v) is 18.4. The molecule has 0 saturated carbocycles. The summed E-state index contributed by atoms with van der Waals surface area (Å²) >= 11 is 1.51. The molecular weight excluding hydrogens is 402 g/mol. The molecule has 1 aromatic heterocycles. The average Bonchev–Trinajstić information content (AvgIpc) is 3.38. The minimum absolute atomic E-state index is 0.109. The second kappa shape index (κ2) is 8.49. The first kappa shape index (κ1) is 20.4. The van der Waals surface area contributed by atoms with Gasteiger partial charge in [0.05, 0.1) is 11.8 Å². The van der Waals surface area contributed by atoms with E-state index in [9.17, 15) is 4.79 Å². The summed E-state index contributed by atoms with van der Waals surface area (Å²) in [6, 6.07) is 9.21. The summed E-state index contributed by atoms with van der Waals surface area (Å²) in [4.78, 5) is 22.1. The van der Waals surface area contributed by atoms with Crippen LogP contribution in [0.2, 0.25) is 0 Å². The highest BCUT2D eigenvalue weighted by atomic mass is 32.1. The lowest BCUT2D eigenvalue weighted by atomic mass is 10.1. The molecule has 158 valence electrons. The van der Waals surface area contributed by atoms with Gasteiger partial charge in [0.2, 0.25) is 6.79 Å². The number of aromatic nitrogens is 1. The quantitative estimate of drug-likeness (QED) is 0.569. The van der Waals surface area contributed by atoms with E-state index in [1.165, 1.54) is 11.3 Å². The molecule has 0 radical (unpaired) electrons. The number of fused-ring (bicyclic) bond motifs is 2. The molecule has 3 aromatic rings. The molecule has 30 heavy (non-hydrogen) atoms. The Kier molecular flexibility index (Phi) is 5.78. The van der Waals surface area contributed by atoms with Gasteiger partial charge in [0.15, 0.2) is 16.6 Å². The molecule has 2 heterocycles. The predicted molar refractivity (Wildman–Crippen MR) is 118 cm³/mol. The monoisotopic (exact) mass is 427 g/mol. The molecule has 0 atom stereocenters. The maximum Gasteiger partial charge on any atom is 0.260 e. The Hall–Kier alpha value is -2.84. The van der Waals surface area contributed by atoms with Crippen LogP contribution in [-0.4, -0.2) is 56.9 Å². The van der Waals surface area contributed by atoms with E-state index in [0.717, 1.165) is 28.7 Å². The van der Waals surface area contributed by atoms with Gasteiger partial charge in [-0.25, -0.2) is 4.98 Å². The molecule has 4 rings (SSSR count). The number of aryl methyl sites for hydroxylation is 1. The second-order valence-electron chi connectivity index (χ2n) is 7.44. The molecule has 0 saturated heterocycles.